The molecule has 146 valence electrons. The molecule has 0 saturated heterocycles. The van der Waals surface area contributed by atoms with Crippen molar-refractivity contribution in [2.45, 2.75) is 46.7 Å². The van der Waals surface area contributed by atoms with Crippen molar-refractivity contribution in [2.75, 3.05) is 27.4 Å². The Morgan fingerprint density at radius 1 is 1.15 bits per heavy atom. The highest BCUT2D eigenvalue weighted by molar-refractivity contribution is 6.06. The number of carbonyl (C=O) groups excluding carboxylic acids is 3. The molecule has 26 heavy (non-hydrogen) atoms. The summed E-state index contributed by atoms with van der Waals surface area (Å²) >= 11 is 0. The molecule has 0 aromatic carbocycles. The van der Waals surface area contributed by atoms with E-state index in [0.29, 0.717) is 23.4 Å². The number of aromatic nitrogens is 1. The predicted octanol–water partition coefficient (Wildman–Crippen LogP) is 2.06. The summed E-state index contributed by atoms with van der Waals surface area (Å²) in [7, 11) is 2.82. The molecule has 0 unspecified atom stereocenters. The number of urea groups is 1. The van der Waals surface area contributed by atoms with E-state index in [4.69, 9.17) is 9.47 Å². The number of aryl methyl sites for hydroxylation is 1. The zero-order valence-corrected chi connectivity index (χ0v) is 16.6. The Morgan fingerprint density at radius 2 is 1.77 bits per heavy atom. The topological polar surface area (TPSA) is 101 Å². The molecule has 0 aliphatic carbocycles. The van der Waals surface area contributed by atoms with E-state index in [9.17, 15) is 14.4 Å². The molecule has 1 rings (SSSR count). The van der Waals surface area contributed by atoms with Crippen molar-refractivity contribution in [2.24, 2.45) is 0 Å². The highest BCUT2D eigenvalue weighted by atomic mass is 16.5. The second kappa shape index (κ2) is 9.38. The lowest BCUT2D eigenvalue weighted by atomic mass is 10.00. The van der Waals surface area contributed by atoms with Crippen LogP contribution < -0.4 is 5.32 Å². The maximum Gasteiger partial charge on any atom is 0.354 e. The fourth-order valence-corrected chi connectivity index (χ4v) is 2.77. The molecule has 1 aromatic heterocycles. The number of amides is 2. The molecule has 1 aromatic rings. The van der Waals surface area contributed by atoms with Crippen molar-refractivity contribution in [3.63, 3.8) is 0 Å². The second-order valence-electron chi connectivity index (χ2n) is 6.45. The van der Waals surface area contributed by atoms with Crippen LogP contribution >= 0.6 is 0 Å². The number of hydrogen-bond acceptors (Lipinski definition) is 5. The molecular weight excluding hydrogens is 338 g/mol. The van der Waals surface area contributed by atoms with Gasteiger partial charge in [0.15, 0.2) is 5.78 Å². The lowest BCUT2D eigenvalue weighted by Crippen LogP contribution is -2.51. The van der Waals surface area contributed by atoms with Gasteiger partial charge in [-0.1, -0.05) is 0 Å². The molecule has 8 heteroatoms. The number of carbonyl (C=O) groups is 3. The van der Waals surface area contributed by atoms with Gasteiger partial charge in [0.2, 0.25) is 0 Å². The fourth-order valence-electron chi connectivity index (χ4n) is 2.77. The normalized spacial score (nSPS) is 12.0. The number of hydrogen-bond donors (Lipinski definition) is 2. The molecular formula is C18H29N3O5. The summed E-state index contributed by atoms with van der Waals surface area (Å²) in [6, 6.07) is -1.11. The first-order valence-corrected chi connectivity index (χ1v) is 8.53. The van der Waals surface area contributed by atoms with Crippen LogP contribution in [-0.4, -0.2) is 67.1 Å². The van der Waals surface area contributed by atoms with Gasteiger partial charge in [0.05, 0.1) is 19.8 Å². The van der Waals surface area contributed by atoms with E-state index < -0.39 is 12.0 Å². The summed E-state index contributed by atoms with van der Waals surface area (Å²) in [5, 5.41) is 2.80. The zero-order chi connectivity index (χ0) is 20.0. The Bertz CT molecular complexity index is 666. The number of rotatable bonds is 8. The largest absolute Gasteiger partial charge is 0.464 e. The maximum absolute atomic E-state index is 13.1. The van der Waals surface area contributed by atoms with Gasteiger partial charge in [-0.15, -0.1) is 0 Å². The Hall–Kier alpha value is -2.35. The highest BCUT2D eigenvalue weighted by Crippen LogP contribution is 2.22. The van der Waals surface area contributed by atoms with Gasteiger partial charge in [0.1, 0.15) is 5.69 Å². The van der Waals surface area contributed by atoms with Crippen LogP contribution in [-0.2, 0) is 9.47 Å². The molecule has 0 aliphatic heterocycles. The first-order chi connectivity index (χ1) is 12.1. The molecule has 0 aliphatic rings. The Kier molecular flexibility index (Phi) is 7.82. The average Bonchev–Trinajstić information content (AvgIpc) is 2.87. The molecule has 2 N–H and O–H groups in total. The lowest BCUT2D eigenvalue weighted by molar-refractivity contribution is 0.0593. The van der Waals surface area contributed by atoms with Crippen molar-refractivity contribution in [3.05, 3.63) is 22.5 Å². The molecule has 0 spiro atoms. The maximum atomic E-state index is 13.1. The number of Topliss-reactive ketones (excluding diaryl/α,β-unsaturated/α-hetero) is 1. The Balaban J connectivity index is 3.17. The summed E-state index contributed by atoms with van der Waals surface area (Å²) in [6.07, 6.45) is 0. The van der Waals surface area contributed by atoms with E-state index in [1.54, 1.807) is 20.8 Å². The molecule has 0 radical (unpaired) electrons. The standard InChI is InChI=1S/C18H29N3O5/c1-10(2)19-18(24)21(8-9-25-6)13(5)16(22)14-11(3)15(17(23)26-7)20-12(14)4/h10,13,20H,8-9H2,1-7H3,(H,19,24)/t13-/m1/s1. The van der Waals surface area contributed by atoms with Crippen molar-refractivity contribution in [1.82, 2.24) is 15.2 Å². The molecule has 0 bridgehead atoms. The van der Waals surface area contributed by atoms with Gasteiger partial charge < -0.3 is 24.7 Å². The van der Waals surface area contributed by atoms with Crippen molar-refractivity contribution >= 4 is 17.8 Å². The SMILES string of the molecule is COCCN(C(=O)NC(C)C)[C@H](C)C(=O)c1c(C)[nH]c(C(=O)OC)c1C. The predicted molar refractivity (Wildman–Crippen MR) is 97.6 cm³/mol. The van der Waals surface area contributed by atoms with Crippen molar-refractivity contribution < 1.29 is 23.9 Å². The first kappa shape index (κ1) is 21.7. The minimum atomic E-state index is -0.720. The summed E-state index contributed by atoms with van der Waals surface area (Å²) in [4.78, 5) is 41.7. The smallest absolute Gasteiger partial charge is 0.354 e. The number of H-pyrrole nitrogens is 1. The van der Waals surface area contributed by atoms with E-state index >= 15 is 0 Å². The summed E-state index contributed by atoms with van der Waals surface area (Å²) in [5.41, 5.74) is 1.73. The van der Waals surface area contributed by atoms with E-state index in [2.05, 4.69) is 10.3 Å². The van der Waals surface area contributed by atoms with Crippen LogP contribution in [0.4, 0.5) is 4.79 Å². The van der Waals surface area contributed by atoms with Gasteiger partial charge in [-0.25, -0.2) is 9.59 Å². The Labute approximate surface area is 154 Å². The molecule has 8 nitrogen and oxygen atoms in total. The highest BCUT2D eigenvalue weighted by Gasteiger charge is 2.31. The van der Waals surface area contributed by atoms with Crippen LogP contribution in [0.25, 0.3) is 0 Å². The van der Waals surface area contributed by atoms with Crippen molar-refractivity contribution in [3.8, 4) is 0 Å². The third-order valence-electron chi connectivity index (χ3n) is 4.13. The minimum absolute atomic E-state index is 0.0588. The second-order valence-corrected chi connectivity index (χ2v) is 6.45. The number of methoxy groups -OCH3 is 2. The van der Waals surface area contributed by atoms with Crippen LogP contribution in [0.3, 0.4) is 0 Å². The summed E-state index contributed by atoms with van der Waals surface area (Å²) in [6.45, 7) is 9.35. The first-order valence-electron chi connectivity index (χ1n) is 8.53. The quantitative estimate of drug-likeness (QED) is 0.541. The lowest BCUT2D eigenvalue weighted by Gasteiger charge is -2.29. The third kappa shape index (κ3) is 4.85. The van der Waals surface area contributed by atoms with Gasteiger partial charge in [-0.2, -0.15) is 0 Å². The van der Waals surface area contributed by atoms with Crippen LogP contribution in [0.15, 0.2) is 0 Å². The van der Waals surface area contributed by atoms with Crippen LogP contribution in [0.2, 0.25) is 0 Å². The fraction of sp³-hybridized carbons (Fsp3) is 0.611. The molecule has 1 heterocycles. The number of aromatic amines is 1. The summed E-state index contributed by atoms with van der Waals surface area (Å²) in [5.74, 6) is -0.785. The van der Waals surface area contributed by atoms with Crippen LogP contribution in [0, 0.1) is 13.8 Å². The van der Waals surface area contributed by atoms with Gasteiger partial charge in [0.25, 0.3) is 0 Å². The Morgan fingerprint density at radius 3 is 2.27 bits per heavy atom. The molecule has 0 saturated carbocycles. The molecule has 0 fully saturated rings. The number of esters is 1. The number of ketones is 1. The van der Waals surface area contributed by atoms with E-state index in [1.807, 2.05) is 13.8 Å². The van der Waals surface area contributed by atoms with Gasteiger partial charge in [0, 0.05) is 31.0 Å². The zero-order valence-electron chi connectivity index (χ0n) is 16.6. The van der Waals surface area contributed by atoms with Crippen molar-refractivity contribution in [1.29, 1.82) is 0 Å². The van der Waals surface area contributed by atoms with Gasteiger partial charge in [-0.05, 0) is 40.2 Å². The minimum Gasteiger partial charge on any atom is -0.464 e. The summed E-state index contributed by atoms with van der Waals surface area (Å²) < 4.78 is 9.80. The van der Waals surface area contributed by atoms with Crippen LogP contribution in [0.5, 0.6) is 0 Å². The average molecular weight is 367 g/mol. The number of nitrogens with zero attached hydrogens (tertiary/aromatic N) is 1. The number of ether oxygens (including phenoxy) is 2. The monoisotopic (exact) mass is 367 g/mol. The molecule has 1 atom stereocenters. The van der Waals surface area contributed by atoms with E-state index in [1.165, 1.54) is 19.1 Å². The molecule has 2 amide bonds. The van der Waals surface area contributed by atoms with Crippen LogP contribution in [0.1, 0.15) is 52.9 Å². The third-order valence-corrected chi connectivity index (χ3v) is 4.13. The van der Waals surface area contributed by atoms with Gasteiger partial charge in [-0.3, -0.25) is 4.79 Å². The van der Waals surface area contributed by atoms with E-state index in [-0.39, 0.29) is 30.1 Å². The van der Waals surface area contributed by atoms with E-state index in [0.717, 1.165) is 0 Å². The number of nitrogens with one attached hydrogen (secondary N) is 2. The van der Waals surface area contributed by atoms with Gasteiger partial charge >= 0.3 is 12.0 Å².